The van der Waals surface area contributed by atoms with Crippen LogP contribution in [0.5, 0.6) is 0 Å². The Kier molecular flexibility index (Phi) is 4.69. The first kappa shape index (κ1) is 16.7. The zero-order chi connectivity index (χ0) is 16.5. The van der Waals surface area contributed by atoms with Crippen LogP contribution < -0.4 is 0 Å². The molecule has 0 atom stereocenters. The van der Waals surface area contributed by atoms with Crippen LogP contribution in [0.15, 0.2) is 23.1 Å². The number of nitrogens with zero attached hydrogens (tertiary/aromatic N) is 3. The van der Waals surface area contributed by atoms with Crippen molar-refractivity contribution < 1.29 is 18.1 Å². The van der Waals surface area contributed by atoms with E-state index in [0.29, 0.717) is 0 Å². The van der Waals surface area contributed by atoms with Crippen molar-refractivity contribution in [1.82, 2.24) is 9.21 Å². The van der Waals surface area contributed by atoms with Crippen LogP contribution in [0.2, 0.25) is 5.02 Å². The number of amides is 1. The number of halogens is 1. The van der Waals surface area contributed by atoms with Gasteiger partial charge in [-0.3, -0.25) is 14.9 Å². The molecule has 1 aliphatic heterocycles. The Morgan fingerprint density at radius 2 is 1.86 bits per heavy atom. The molecule has 0 radical (unpaired) electrons. The number of benzene rings is 1. The largest absolute Gasteiger partial charge is 0.340 e. The third-order valence-electron chi connectivity index (χ3n) is 3.42. The summed E-state index contributed by atoms with van der Waals surface area (Å²) in [6.45, 7) is 2.04. The van der Waals surface area contributed by atoms with E-state index in [-0.39, 0.29) is 37.1 Å². The summed E-state index contributed by atoms with van der Waals surface area (Å²) in [6, 6.07) is 3.73. The predicted molar refractivity (Wildman–Crippen MR) is 79.1 cm³/mol. The summed E-state index contributed by atoms with van der Waals surface area (Å²) >= 11 is 5.88. The first-order chi connectivity index (χ1) is 10.2. The van der Waals surface area contributed by atoms with Crippen molar-refractivity contribution in [2.75, 3.05) is 26.2 Å². The summed E-state index contributed by atoms with van der Waals surface area (Å²) in [5.74, 6) is -0.138. The minimum atomic E-state index is -4.10. The Balaban J connectivity index is 2.37. The number of carbonyl (C=O) groups excluding carboxylic acids is 1. The number of piperazine rings is 1. The van der Waals surface area contributed by atoms with Crippen LogP contribution in [0.1, 0.15) is 6.92 Å². The molecule has 0 bridgehead atoms. The maximum absolute atomic E-state index is 12.6. The molecule has 0 N–H and O–H groups in total. The van der Waals surface area contributed by atoms with Gasteiger partial charge in [-0.25, -0.2) is 8.42 Å². The summed E-state index contributed by atoms with van der Waals surface area (Å²) in [5, 5.41) is 10.9. The molecule has 10 heteroatoms. The Morgan fingerprint density at radius 3 is 2.36 bits per heavy atom. The fourth-order valence-electron chi connectivity index (χ4n) is 2.27. The van der Waals surface area contributed by atoms with E-state index in [9.17, 15) is 23.3 Å². The zero-order valence-electron chi connectivity index (χ0n) is 11.7. The molecule has 1 aliphatic rings. The molecular weight excluding hydrogens is 334 g/mol. The highest BCUT2D eigenvalue weighted by atomic mass is 35.5. The van der Waals surface area contributed by atoms with Gasteiger partial charge in [-0.2, -0.15) is 4.31 Å². The summed E-state index contributed by atoms with van der Waals surface area (Å²) < 4.78 is 26.4. The Bertz CT molecular complexity index is 713. The number of nitro benzene ring substituents is 1. The molecule has 0 aromatic heterocycles. The van der Waals surface area contributed by atoms with E-state index in [1.807, 2.05) is 0 Å². The van der Waals surface area contributed by atoms with Crippen molar-refractivity contribution in [2.24, 2.45) is 0 Å². The molecule has 0 aliphatic carbocycles. The fourth-order valence-corrected chi connectivity index (χ4v) is 4.35. The average molecular weight is 348 g/mol. The lowest BCUT2D eigenvalue weighted by Crippen LogP contribution is -2.50. The van der Waals surface area contributed by atoms with Gasteiger partial charge in [0.15, 0.2) is 4.90 Å². The zero-order valence-corrected chi connectivity index (χ0v) is 13.3. The standard InChI is InChI=1S/C12H14ClN3O5S/c1-9(17)14-5-7-15(8-6-14)22(20,21)12-10(13)3-2-4-11(12)16(18)19/h2-4H,5-8H2,1H3. The smallest absolute Gasteiger partial charge is 0.290 e. The van der Waals surface area contributed by atoms with Gasteiger partial charge in [0.2, 0.25) is 5.91 Å². The topological polar surface area (TPSA) is 101 Å². The second kappa shape index (κ2) is 6.19. The van der Waals surface area contributed by atoms with Crippen LogP contribution in [-0.2, 0) is 14.8 Å². The number of carbonyl (C=O) groups is 1. The lowest BCUT2D eigenvalue weighted by Gasteiger charge is -2.33. The lowest BCUT2D eigenvalue weighted by atomic mass is 10.3. The molecule has 0 spiro atoms. The van der Waals surface area contributed by atoms with Crippen LogP contribution in [-0.4, -0.2) is 54.6 Å². The van der Waals surface area contributed by atoms with Crippen LogP contribution in [0.4, 0.5) is 5.69 Å². The van der Waals surface area contributed by atoms with Gasteiger partial charge in [0, 0.05) is 39.2 Å². The van der Waals surface area contributed by atoms with Gasteiger partial charge in [0.1, 0.15) is 0 Å². The van der Waals surface area contributed by atoms with Gasteiger partial charge in [-0.15, -0.1) is 0 Å². The molecule has 0 saturated carbocycles. The highest BCUT2D eigenvalue weighted by Crippen LogP contribution is 2.33. The first-order valence-electron chi connectivity index (χ1n) is 6.43. The highest BCUT2D eigenvalue weighted by molar-refractivity contribution is 7.89. The molecule has 2 rings (SSSR count). The number of hydrogen-bond acceptors (Lipinski definition) is 5. The highest BCUT2D eigenvalue weighted by Gasteiger charge is 2.36. The van der Waals surface area contributed by atoms with Crippen molar-refractivity contribution in [1.29, 1.82) is 0 Å². The van der Waals surface area contributed by atoms with Crippen molar-refractivity contribution in [2.45, 2.75) is 11.8 Å². The maximum atomic E-state index is 12.6. The molecule has 1 heterocycles. The Morgan fingerprint density at radius 1 is 1.27 bits per heavy atom. The lowest BCUT2D eigenvalue weighted by molar-refractivity contribution is -0.387. The Hall–Kier alpha value is -1.71. The number of hydrogen-bond donors (Lipinski definition) is 0. The quantitative estimate of drug-likeness (QED) is 0.602. The molecule has 1 aromatic carbocycles. The summed E-state index contributed by atoms with van der Waals surface area (Å²) in [7, 11) is -4.10. The molecule has 1 aromatic rings. The SMILES string of the molecule is CC(=O)N1CCN(S(=O)(=O)c2c(Cl)cccc2[N+](=O)[O-])CC1. The third-order valence-corrected chi connectivity index (χ3v) is 5.84. The molecule has 1 amide bonds. The van der Waals surface area contributed by atoms with E-state index in [1.54, 1.807) is 0 Å². The summed E-state index contributed by atoms with van der Waals surface area (Å²) in [6.07, 6.45) is 0. The van der Waals surface area contributed by atoms with E-state index in [1.165, 1.54) is 24.0 Å². The third kappa shape index (κ3) is 3.06. The second-order valence-electron chi connectivity index (χ2n) is 4.76. The van der Waals surface area contributed by atoms with Crippen molar-refractivity contribution in [3.8, 4) is 0 Å². The van der Waals surface area contributed by atoms with Gasteiger partial charge >= 0.3 is 0 Å². The monoisotopic (exact) mass is 347 g/mol. The Labute approximate surface area is 132 Å². The molecule has 1 saturated heterocycles. The average Bonchev–Trinajstić information content (AvgIpc) is 2.46. The minimum Gasteiger partial charge on any atom is -0.340 e. The van der Waals surface area contributed by atoms with E-state index < -0.39 is 25.5 Å². The van der Waals surface area contributed by atoms with Crippen molar-refractivity contribution >= 4 is 33.2 Å². The molecular formula is C12H14ClN3O5S. The van der Waals surface area contributed by atoms with Gasteiger partial charge in [0.25, 0.3) is 15.7 Å². The van der Waals surface area contributed by atoms with E-state index in [0.717, 1.165) is 10.4 Å². The number of rotatable bonds is 3. The van der Waals surface area contributed by atoms with Gasteiger partial charge in [-0.05, 0) is 6.07 Å². The maximum Gasteiger partial charge on any atom is 0.290 e. The molecule has 120 valence electrons. The van der Waals surface area contributed by atoms with Crippen LogP contribution in [0.25, 0.3) is 0 Å². The van der Waals surface area contributed by atoms with Crippen LogP contribution in [0, 0.1) is 10.1 Å². The summed E-state index contributed by atoms with van der Waals surface area (Å²) in [4.78, 5) is 22.6. The number of sulfonamides is 1. The molecule has 1 fully saturated rings. The molecule has 0 unspecified atom stereocenters. The van der Waals surface area contributed by atoms with Crippen molar-refractivity contribution in [3.05, 3.63) is 33.3 Å². The van der Waals surface area contributed by atoms with E-state index >= 15 is 0 Å². The van der Waals surface area contributed by atoms with Crippen LogP contribution in [0.3, 0.4) is 0 Å². The fraction of sp³-hybridized carbons (Fsp3) is 0.417. The minimum absolute atomic E-state index is 0.0737. The van der Waals surface area contributed by atoms with Crippen molar-refractivity contribution in [3.63, 3.8) is 0 Å². The van der Waals surface area contributed by atoms with Gasteiger partial charge in [0.05, 0.1) is 9.95 Å². The molecule has 8 nitrogen and oxygen atoms in total. The first-order valence-corrected chi connectivity index (χ1v) is 8.25. The predicted octanol–water partition coefficient (Wildman–Crippen LogP) is 1.10. The summed E-state index contributed by atoms with van der Waals surface area (Å²) in [5.41, 5.74) is -0.554. The van der Waals surface area contributed by atoms with E-state index in [4.69, 9.17) is 11.6 Å². The number of nitro groups is 1. The normalized spacial score (nSPS) is 16.5. The van der Waals surface area contributed by atoms with Gasteiger partial charge < -0.3 is 4.90 Å². The second-order valence-corrected chi connectivity index (χ2v) is 7.04. The van der Waals surface area contributed by atoms with E-state index in [2.05, 4.69) is 0 Å². The molecule has 22 heavy (non-hydrogen) atoms. The van der Waals surface area contributed by atoms with Gasteiger partial charge in [-0.1, -0.05) is 17.7 Å². The van der Waals surface area contributed by atoms with Crippen LogP contribution >= 0.6 is 11.6 Å².